The maximum atomic E-state index is 14.1. The van der Waals surface area contributed by atoms with Gasteiger partial charge in [0.05, 0.1) is 23.0 Å². The first-order chi connectivity index (χ1) is 17.7. The number of hydrogen-bond donors (Lipinski definition) is 0. The highest BCUT2D eigenvalue weighted by molar-refractivity contribution is 6.09. The minimum Gasteiger partial charge on any atom is -0.352 e. The summed E-state index contributed by atoms with van der Waals surface area (Å²) in [5.41, 5.74) is 6.16. The molecule has 1 amide bonds. The smallest absolute Gasteiger partial charge is 0.255 e. The summed E-state index contributed by atoms with van der Waals surface area (Å²) in [5, 5.41) is 0.950. The number of allylic oxidation sites excluding steroid dienone is 1. The molecule has 6 rings (SSSR count). The van der Waals surface area contributed by atoms with E-state index in [1.165, 1.54) is 5.57 Å². The highest BCUT2D eigenvalue weighted by Gasteiger charge is 2.31. The summed E-state index contributed by atoms with van der Waals surface area (Å²) < 4.78 is 0. The van der Waals surface area contributed by atoms with Gasteiger partial charge in [-0.15, -0.1) is 0 Å². The second-order valence-corrected chi connectivity index (χ2v) is 9.77. The second-order valence-electron chi connectivity index (χ2n) is 9.77. The van der Waals surface area contributed by atoms with Gasteiger partial charge in [0.2, 0.25) is 0 Å². The normalized spacial score (nSPS) is 18.9. The molecule has 0 N–H and O–H groups in total. The highest BCUT2D eigenvalue weighted by atomic mass is 16.2. The van der Waals surface area contributed by atoms with E-state index in [0.29, 0.717) is 19.0 Å². The van der Waals surface area contributed by atoms with E-state index in [0.717, 1.165) is 65.0 Å². The number of hydrogen-bond acceptors (Lipinski definition) is 5. The third-order valence-electron chi connectivity index (χ3n) is 7.21. The van der Waals surface area contributed by atoms with Crippen LogP contribution in [0, 0.1) is 5.92 Å². The van der Waals surface area contributed by atoms with E-state index in [1.54, 1.807) is 18.6 Å². The van der Waals surface area contributed by atoms with E-state index in [-0.39, 0.29) is 5.91 Å². The van der Waals surface area contributed by atoms with Crippen molar-refractivity contribution < 1.29 is 4.79 Å². The van der Waals surface area contributed by atoms with Gasteiger partial charge in [0, 0.05) is 44.0 Å². The minimum atomic E-state index is 0.108. The molecule has 1 unspecified atom stereocenters. The van der Waals surface area contributed by atoms with E-state index in [4.69, 9.17) is 4.98 Å². The lowest BCUT2D eigenvalue weighted by atomic mass is 9.80. The van der Waals surface area contributed by atoms with E-state index in [1.807, 2.05) is 35.2 Å². The predicted octanol–water partition coefficient (Wildman–Crippen LogP) is 5.11. The van der Waals surface area contributed by atoms with Gasteiger partial charge in [-0.3, -0.25) is 9.78 Å². The van der Waals surface area contributed by atoms with Crippen molar-refractivity contribution in [1.29, 1.82) is 0 Å². The molecule has 6 heteroatoms. The van der Waals surface area contributed by atoms with Crippen molar-refractivity contribution in [3.63, 3.8) is 0 Å². The summed E-state index contributed by atoms with van der Waals surface area (Å²) in [7, 11) is 0. The van der Waals surface area contributed by atoms with Crippen LogP contribution in [-0.4, -0.2) is 51.9 Å². The molecule has 2 aliphatic rings. The Morgan fingerprint density at radius 1 is 0.944 bits per heavy atom. The van der Waals surface area contributed by atoms with Crippen molar-refractivity contribution in [2.45, 2.75) is 19.8 Å². The number of amides is 1. The molecule has 0 spiro atoms. The van der Waals surface area contributed by atoms with Crippen molar-refractivity contribution >= 4 is 34.3 Å². The molecule has 2 aromatic heterocycles. The van der Waals surface area contributed by atoms with Crippen LogP contribution in [0.3, 0.4) is 0 Å². The van der Waals surface area contributed by atoms with Gasteiger partial charge in [-0.1, -0.05) is 55.5 Å². The molecule has 1 fully saturated rings. The molecule has 0 bridgehead atoms. The Kier molecular flexibility index (Phi) is 5.93. The summed E-state index contributed by atoms with van der Waals surface area (Å²) in [6, 6.07) is 18.5. The Balaban J connectivity index is 1.39. The molecule has 0 saturated carbocycles. The minimum absolute atomic E-state index is 0.108. The Hall–Kier alpha value is -4.06. The Morgan fingerprint density at radius 2 is 1.72 bits per heavy atom. The number of fused-ring (bicyclic) bond motifs is 2. The zero-order valence-corrected chi connectivity index (χ0v) is 20.5. The van der Waals surface area contributed by atoms with Gasteiger partial charge in [-0.2, -0.15) is 0 Å². The average molecular weight is 476 g/mol. The molecule has 1 aliphatic heterocycles. The zero-order valence-electron chi connectivity index (χ0n) is 20.5. The van der Waals surface area contributed by atoms with Crippen LogP contribution in [0.2, 0.25) is 0 Å². The van der Waals surface area contributed by atoms with Gasteiger partial charge in [0.15, 0.2) is 0 Å². The SMILES string of the molecule is CC1C/C(=C/c2ccccc2)c2nc3ccccc3c(C(=O)N3CCN(c4cnccn4)CC3)c2C1. The molecule has 1 aliphatic carbocycles. The molecule has 6 nitrogen and oxygen atoms in total. The first kappa shape index (κ1) is 22.4. The summed E-state index contributed by atoms with van der Waals surface area (Å²) in [6.45, 7) is 5.06. The number of rotatable bonds is 3. The lowest BCUT2D eigenvalue weighted by molar-refractivity contribution is 0.0747. The number of aromatic nitrogens is 3. The predicted molar refractivity (Wildman–Crippen MR) is 144 cm³/mol. The van der Waals surface area contributed by atoms with Crippen LogP contribution in [0.25, 0.3) is 22.6 Å². The number of pyridine rings is 1. The number of carbonyl (C=O) groups excluding carboxylic acids is 1. The monoisotopic (exact) mass is 475 g/mol. The van der Waals surface area contributed by atoms with Crippen LogP contribution in [-0.2, 0) is 6.42 Å². The molecule has 1 atom stereocenters. The van der Waals surface area contributed by atoms with Gasteiger partial charge in [0.1, 0.15) is 5.82 Å². The average Bonchev–Trinajstić information content (AvgIpc) is 2.93. The second kappa shape index (κ2) is 9.53. The van der Waals surface area contributed by atoms with Gasteiger partial charge < -0.3 is 9.80 Å². The summed E-state index contributed by atoms with van der Waals surface area (Å²) in [4.78, 5) is 32.0. The van der Waals surface area contributed by atoms with E-state index in [9.17, 15) is 4.79 Å². The molecule has 1 saturated heterocycles. The lowest BCUT2D eigenvalue weighted by Gasteiger charge is -2.36. The number of benzene rings is 2. The summed E-state index contributed by atoms with van der Waals surface area (Å²) >= 11 is 0. The number of anilines is 1. The van der Waals surface area contributed by atoms with Crippen LogP contribution in [0.15, 0.2) is 73.2 Å². The van der Waals surface area contributed by atoms with Gasteiger partial charge >= 0.3 is 0 Å². The van der Waals surface area contributed by atoms with Crippen molar-refractivity contribution in [2.75, 3.05) is 31.1 Å². The van der Waals surface area contributed by atoms with Crippen molar-refractivity contribution in [1.82, 2.24) is 19.9 Å². The summed E-state index contributed by atoms with van der Waals surface area (Å²) in [6.07, 6.45) is 9.24. The molecule has 3 heterocycles. The van der Waals surface area contributed by atoms with Crippen molar-refractivity contribution in [3.8, 4) is 0 Å². The quantitative estimate of drug-likeness (QED) is 0.412. The van der Waals surface area contributed by atoms with Crippen LogP contribution >= 0.6 is 0 Å². The van der Waals surface area contributed by atoms with Gasteiger partial charge in [-0.05, 0) is 47.6 Å². The highest BCUT2D eigenvalue weighted by Crippen LogP contribution is 2.39. The van der Waals surface area contributed by atoms with Gasteiger partial charge in [-0.25, -0.2) is 9.97 Å². The summed E-state index contributed by atoms with van der Waals surface area (Å²) in [5.74, 6) is 1.41. The fourth-order valence-corrected chi connectivity index (χ4v) is 5.48. The Morgan fingerprint density at radius 3 is 2.50 bits per heavy atom. The third kappa shape index (κ3) is 4.24. The first-order valence-corrected chi connectivity index (χ1v) is 12.7. The van der Waals surface area contributed by atoms with Crippen LogP contribution in [0.5, 0.6) is 0 Å². The molecule has 0 radical (unpaired) electrons. The van der Waals surface area contributed by atoms with Crippen molar-refractivity contribution in [3.05, 3.63) is 95.6 Å². The molecule has 2 aromatic carbocycles. The van der Waals surface area contributed by atoms with Crippen molar-refractivity contribution in [2.24, 2.45) is 5.92 Å². The molecule has 180 valence electrons. The third-order valence-corrected chi connectivity index (χ3v) is 7.21. The van der Waals surface area contributed by atoms with Crippen LogP contribution in [0.1, 0.15) is 40.5 Å². The fraction of sp³-hybridized carbons (Fsp3) is 0.267. The topological polar surface area (TPSA) is 62.2 Å². The van der Waals surface area contributed by atoms with E-state index < -0.39 is 0 Å². The van der Waals surface area contributed by atoms with E-state index >= 15 is 0 Å². The molecular weight excluding hydrogens is 446 g/mol. The Labute approximate surface area is 211 Å². The largest absolute Gasteiger partial charge is 0.352 e. The van der Waals surface area contributed by atoms with Crippen LogP contribution in [0.4, 0.5) is 5.82 Å². The van der Waals surface area contributed by atoms with E-state index in [2.05, 4.69) is 52.1 Å². The fourth-order valence-electron chi connectivity index (χ4n) is 5.48. The zero-order chi connectivity index (χ0) is 24.5. The van der Waals surface area contributed by atoms with Crippen LogP contribution < -0.4 is 4.90 Å². The maximum absolute atomic E-state index is 14.1. The number of carbonyl (C=O) groups is 1. The number of piperazine rings is 1. The van der Waals surface area contributed by atoms with Gasteiger partial charge in [0.25, 0.3) is 5.91 Å². The standard InChI is InChI=1S/C30H29N5O/c1-21-17-23(19-22-7-3-2-4-8-22)29-25(18-21)28(24-9-5-6-10-26(24)33-29)30(36)35-15-13-34(14-16-35)27-20-31-11-12-32-27/h2-12,19-21H,13-18H2,1H3/b23-19-. The maximum Gasteiger partial charge on any atom is 0.255 e. The molecule has 4 aromatic rings. The lowest BCUT2D eigenvalue weighted by Crippen LogP contribution is -2.49. The molecular formula is C30H29N5O. The Bertz CT molecular complexity index is 1430. The first-order valence-electron chi connectivity index (χ1n) is 12.7. The molecule has 36 heavy (non-hydrogen) atoms. The number of para-hydroxylation sites is 1. The number of nitrogens with zero attached hydrogens (tertiary/aromatic N) is 5.